The smallest absolute Gasteiger partial charge is 0.293 e. The predicted molar refractivity (Wildman–Crippen MR) is 31.5 cm³/mol. The van der Waals surface area contributed by atoms with Crippen LogP contribution in [0.1, 0.15) is 20.3 Å². The van der Waals surface area contributed by atoms with Gasteiger partial charge in [-0.25, -0.2) is 0 Å². The average molecular weight is 116 g/mol. The normalized spacial score (nSPS) is 12.8. The third-order valence-electron chi connectivity index (χ3n) is 1.15. The van der Waals surface area contributed by atoms with E-state index in [4.69, 9.17) is 0 Å². The van der Waals surface area contributed by atoms with E-state index in [1.807, 2.05) is 6.92 Å². The highest BCUT2D eigenvalue weighted by molar-refractivity contribution is 5.36. The average Bonchev–Trinajstić information content (AvgIpc) is 1.83. The third kappa shape index (κ3) is 3.65. The molecule has 0 unspecified atom stereocenters. The Kier molecular flexibility index (Phi) is 4.32. The van der Waals surface area contributed by atoms with Crippen molar-refractivity contribution in [1.29, 1.82) is 0 Å². The van der Waals surface area contributed by atoms with E-state index in [2.05, 4.69) is 11.7 Å². The van der Waals surface area contributed by atoms with Crippen molar-refractivity contribution in [3.63, 3.8) is 0 Å². The topological polar surface area (TPSA) is 26.3 Å². The number of rotatable bonds is 4. The Hall–Kier alpha value is -0.530. The van der Waals surface area contributed by atoms with Gasteiger partial charge < -0.3 is 4.74 Å². The van der Waals surface area contributed by atoms with Gasteiger partial charge in [-0.1, -0.05) is 20.3 Å². The second kappa shape index (κ2) is 4.62. The van der Waals surface area contributed by atoms with Crippen molar-refractivity contribution < 1.29 is 9.53 Å². The summed E-state index contributed by atoms with van der Waals surface area (Å²) in [7, 11) is 0. The summed E-state index contributed by atoms with van der Waals surface area (Å²) < 4.78 is 4.51. The minimum Gasteiger partial charge on any atom is -0.468 e. The molecule has 0 aromatic heterocycles. The van der Waals surface area contributed by atoms with Crippen LogP contribution in [-0.2, 0) is 9.53 Å². The van der Waals surface area contributed by atoms with Crippen LogP contribution in [0.2, 0.25) is 0 Å². The number of carbonyl (C=O) groups excluding carboxylic acids is 1. The quantitative estimate of drug-likeness (QED) is 0.516. The lowest BCUT2D eigenvalue weighted by molar-refractivity contribution is -0.129. The van der Waals surface area contributed by atoms with Crippen LogP contribution in [0.3, 0.4) is 0 Å². The molecule has 1 atom stereocenters. The molecule has 0 amide bonds. The van der Waals surface area contributed by atoms with Gasteiger partial charge in [0, 0.05) is 0 Å². The summed E-state index contributed by atoms with van der Waals surface area (Å²) in [6.07, 6.45) is 1.06. The molecule has 0 N–H and O–H groups in total. The zero-order chi connectivity index (χ0) is 6.41. The SMILES string of the molecule is CC[C@H](C)COC=O. The van der Waals surface area contributed by atoms with Crippen molar-refractivity contribution in [2.75, 3.05) is 6.61 Å². The number of hydrogen-bond donors (Lipinski definition) is 0. The first-order valence-electron chi connectivity index (χ1n) is 2.86. The van der Waals surface area contributed by atoms with Gasteiger partial charge >= 0.3 is 0 Å². The minimum atomic E-state index is 0.492. The fourth-order valence-corrected chi connectivity index (χ4v) is 0.321. The van der Waals surface area contributed by atoms with E-state index in [-0.39, 0.29) is 0 Å². The van der Waals surface area contributed by atoms with E-state index >= 15 is 0 Å². The zero-order valence-electron chi connectivity index (χ0n) is 5.39. The second-order valence-electron chi connectivity index (χ2n) is 1.94. The van der Waals surface area contributed by atoms with E-state index in [1.165, 1.54) is 0 Å². The lowest BCUT2D eigenvalue weighted by Gasteiger charge is -2.03. The molecule has 0 aliphatic heterocycles. The Bertz CT molecular complexity index is 61.5. The van der Waals surface area contributed by atoms with Crippen LogP contribution < -0.4 is 0 Å². The maximum absolute atomic E-state index is 9.60. The standard InChI is InChI=1S/C6H12O2/c1-3-6(2)4-8-5-7/h5-6H,3-4H2,1-2H3/t6-/m0/s1. The molecular weight excluding hydrogens is 104 g/mol. The molecule has 0 aromatic rings. The van der Waals surface area contributed by atoms with Gasteiger partial charge in [-0.2, -0.15) is 0 Å². The number of ether oxygens (including phenoxy) is 1. The van der Waals surface area contributed by atoms with Crippen LogP contribution in [0.4, 0.5) is 0 Å². The van der Waals surface area contributed by atoms with Gasteiger partial charge in [-0.05, 0) is 5.92 Å². The van der Waals surface area contributed by atoms with E-state index < -0.39 is 0 Å². The molecule has 0 aliphatic carbocycles. The van der Waals surface area contributed by atoms with Crippen molar-refractivity contribution in [2.24, 2.45) is 5.92 Å². The lowest BCUT2D eigenvalue weighted by Crippen LogP contribution is -2.02. The van der Waals surface area contributed by atoms with Gasteiger partial charge in [-0.15, -0.1) is 0 Å². The zero-order valence-corrected chi connectivity index (χ0v) is 5.39. The Morgan fingerprint density at radius 3 is 2.75 bits per heavy atom. The molecule has 0 aromatic carbocycles. The highest BCUT2D eigenvalue weighted by Crippen LogP contribution is 1.98. The van der Waals surface area contributed by atoms with Crippen molar-refractivity contribution >= 4 is 6.47 Å². The first kappa shape index (κ1) is 7.47. The lowest BCUT2D eigenvalue weighted by atomic mass is 10.1. The molecule has 0 radical (unpaired) electrons. The van der Waals surface area contributed by atoms with Crippen molar-refractivity contribution in [3.05, 3.63) is 0 Å². The first-order chi connectivity index (χ1) is 3.81. The van der Waals surface area contributed by atoms with Gasteiger partial charge in [0.1, 0.15) is 0 Å². The molecule has 48 valence electrons. The van der Waals surface area contributed by atoms with Crippen molar-refractivity contribution in [1.82, 2.24) is 0 Å². The summed E-state index contributed by atoms with van der Waals surface area (Å²) in [6.45, 7) is 5.16. The maximum Gasteiger partial charge on any atom is 0.293 e. The molecule has 2 heteroatoms. The largest absolute Gasteiger partial charge is 0.468 e. The Morgan fingerprint density at radius 1 is 1.75 bits per heavy atom. The van der Waals surface area contributed by atoms with Gasteiger partial charge in [-0.3, -0.25) is 4.79 Å². The molecule has 0 spiro atoms. The van der Waals surface area contributed by atoms with E-state index in [0.29, 0.717) is 19.0 Å². The van der Waals surface area contributed by atoms with Crippen LogP contribution in [0.25, 0.3) is 0 Å². The summed E-state index contributed by atoms with van der Waals surface area (Å²) in [6, 6.07) is 0. The van der Waals surface area contributed by atoms with Gasteiger partial charge in [0.2, 0.25) is 0 Å². The van der Waals surface area contributed by atoms with E-state index in [0.717, 1.165) is 6.42 Å². The minimum absolute atomic E-state index is 0.492. The molecule has 0 bridgehead atoms. The van der Waals surface area contributed by atoms with Gasteiger partial charge in [0.15, 0.2) is 0 Å². The van der Waals surface area contributed by atoms with Crippen molar-refractivity contribution in [3.8, 4) is 0 Å². The van der Waals surface area contributed by atoms with E-state index in [1.54, 1.807) is 0 Å². The van der Waals surface area contributed by atoms with E-state index in [9.17, 15) is 4.79 Å². The Morgan fingerprint density at radius 2 is 2.38 bits per heavy atom. The van der Waals surface area contributed by atoms with Crippen LogP contribution in [0, 0.1) is 5.92 Å². The van der Waals surface area contributed by atoms with Gasteiger partial charge in [0.25, 0.3) is 6.47 Å². The highest BCUT2D eigenvalue weighted by Gasteiger charge is 1.95. The van der Waals surface area contributed by atoms with Crippen LogP contribution in [-0.4, -0.2) is 13.1 Å². The monoisotopic (exact) mass is 116 g/mol. The molecule has 2 nitrogen and oxygen atoms in total. The third-order valence-corrected chi connectivity index (χ3v) is 1.15. The first-order valence-corrected chi connectivity index (χ1v) is 2.86. The number of hydrogen-bond acceptors (Lipinski definition) is 2. The molecule has 8 heavy (non-hydrogen) atoms. The summed E-state index contributed by atoms with van der Waals surface area (Å²) in [5, 5.41) is 0. The van der Waals surface area contributed by atoms with Crippen molar-refractivity contribution in [2.45, 2.75) is 20.3 Å². The fourth-order valence-electron chi connectivity index (χ4n) is 0.321. The second-order valence-corrected chi connectivity index (χ2v) is 1.94. The summed E-state index contributed by atoms with van der Waals surface area (Å²) >= 11 is 0. The molecule has 0 heterocycles. The highest BCUT2D eigenvalue weighted by atomic mass is 16.5. The van der Waals surface area contributed by atoms with Crippen LogP contribution >= 0.6 is 0 Å². The molecule has 0 aliphatic rings. The summed E-state index contributed by atoms with van der Waals surface area (Å²) in [4.78, 5) is 9.60. The summed E-state index contributed by atoms with van der Waals surface area (Å²) in [5.41, 5.74) is 0. The molecular formula is C6H12O2. The molecule has 0 saturated carbocycles. The number of carbonyl (C=O) groups is 1. The van der Waals surface area contributed by atoms with Crippen LogP contribution in [0.15, 0.2) is 0 Å². The Balaban J connectivity index is 2.97. The Labute approximate surface area is 49.8 Å². The predicted octanol–water partition coefficient (Wildman–Crippen LogP) is 1.21. The maximum atomic E-state index is 9.60. The fraction of sp³-hybridized carbons (Fsp3) is 0.833. The summed E-state index contributed by atoms with van der Waals surface area (Å²) in [5.74, 6) is 0.500. The van der Waals surface area contributed by atoms with Crippen LogP contribution in [0.5, 0.6) is 0 Å². The van der Waals surface area contributed by atoms with Gasteiger partial charge in [0.05, 0.1) is 6.61 Å². The molecule has 0 fully saturated rings. The molecule has 0 rings (SSSR count). The molecule has 0 saturated heterocycles.